The van der Waals surface area contributed by atoms with Gasteiger partial charge in [0.1, 0.15) is 18.5 Å². The first-order chi connectivity index (χ1) is 10.2. The standard InChI is InChI=1S/C15H18F3NO3/c1-3-10(2)14(21)19-8-12(20)9-22-13-6-4-11(5-7-13)15(16,17)18/h3-7,12,20H,8-9H2,1-2H3,(H,19,21)/b10-3-. The van der Waals surface area contributed by atoms with Gasteiger partial charge < -0.3 is 15.2 Å². The van der Waals surface area contributed by atoms with Crippen molar-refractivity contribution in [3.63, 3.8) is 0 Å². The van der Waals surface area contributed by atoms with Crippen LogP contribution in [0.5, 0.6) is 5.75 Å². The Bertz CT molecular complexity index is 524. The Morgan fingerprint density at radius 3 is 2.45 bits per heavy atom. The summed E-state index contributed by atoms with van der Waals surface area (Å²) in [5.74, 6) is -0.0842. The average Bonchev–Trinajstić information content (AvgIpc) is 2.49. The van der Waals surface area contributed by atoms with E-state index in [2.05, 4.69) is 5.32 Å². The second-order valence-electron chi connectivity index (χ2n) is 4.67. The second kappa shape index (κ2) is 7.84. The summed E-state index contributed by atoms with van der Waals surface area (Å²) in [5, 5.41) is 12.2. The summed E-state index contributed by atoms with van der Waals surface area (Å²) in [7, 11) is 0. The number of aliphatic hydroxyl groups is 1. The highest BCUT2D eigenvalue weighted by Gasteiger charge is 2.30. The highest BCUT2D eigenvalue weighted by atomic mass is 19.4. The van der Waals surface area contributed by atoms with E-state index in [1.807, 2.05) is 0 Å². The van der Waals surface area contributed by atoms with Crippen LogP contribution >= 0.6 is 0 Å². The van der Waals surface area contributed by atoms with Crippen LogP contribution in [0.4, 0.5) is 13.2 Å². The van der Waals surface area contributed by atoms with Crippen LogP contribution in [-0.2, 0) is 11.0 Å². The fourth-order valence-electron chi connectivity index (χ4n) is 1.47. The van der Waals surface area contributed by atoms with Crippen molar-refractivity contribution in [1.29, 1.82) is 0 Å². The molecule has 0 bridgehead atoms. The third-order valence-electron chi connectivity index (χ3n) is 2.91. The van der Waals surface area contributed by atoms with E-state index in [9.17, 15) is 23.1 Å². The zero-order valence-electron chi connectivity index (χ0n) is 12.3. The fourth-order valence-corrected chi connectivity index (χ4v) is 1.47. The summed E-state index contributed by atoms with van der Waals surface area (Å²) in [6.07, 6.45) is -3.72. The number of ether oxygens (including phenoxy) is 1. The first-order valence-electron chi connectivity index (χ1n) is 6.63. The number of alkyl halides is 3. The lowest BCUT2D eigenvalue weighted by molar-refractivity contribution is -0.137. The van der Waals surface area contributed by atoms with Crippen LogP contribution in [0.2, 0.25) is 0 Å². The molecule has 0 heterocycles. The van der Waals surface area contributed by atoms with Crippen molar-refractivity contribution in [3.8, 4) is 5.75 Å². The number of allylic oxidation sites excluding steroid dienone is 1. The molecule has 0 aliphatic rings. The molecular formula is C15H18F3NO3. The topological polar surface area (TPSA) is 58.6 Å². The highest BCUT2D eigenvalue weighted by Crippen LogP contribution is 2.30. The maximum Gasteiger partial charge on any atom is 0.416 e. The molecule has 1 rings (SSSR count). The summed E-state index contributed by atoms with van der Waals surface area (Å²) in [4.78, 5) is 11.4. The van der Waals surface area contributed by atoms with Crippen molar-refractivity contribution in [2.24, 2.45) is 0 Å². The molecule has 0 spiro atoms. The molecule has 1 aromatic rings. The predicted molar refractivity (Wildman–Crippen MR) is 75.4 cm³/mol. The number of aliphatic hydroxyl groups excluding tert-OH is 1. The Morgan fingerprint density at radius 1 is 1.36 bits per heavy atom. The van der Waals surface area contributed by atoms with E-state index >= 15 is 0 Å². The third-order valence-corrected chi connectivity index (χ3v) is 2.91. The van der Waals surface area contributed by atoms with Gasteiger partial charge in [-0.3, -0.25) is 4.79 Å². The van der Waals surface area contributed by atoms with Crippen molar-refractivity contribution in [3.05, 3.63) is 41.5 Å². The van der Waals surface area contributed by atoms with E-state index in [1.54, 1.807) is 19.9 Å². The molecule has 0 aliphatic carbocycles. The molecule has 22 heavy (non-hydrogen) atoms. The van der Waals surface area contributed by atoms with Gasteiger partial charge in [-0.2, -0.15) is 13.2 Å². The quantitative estimate of drug-likeness (QED) is 0.793. The van der Waals surface area contributed by atoms with E-state index in [-0.39, 0.29) is 24.8 Å². The van der Waals surface area contributed by atoms with Crippen LogP contribution in [0.3, 0.4) is 0 Å². The number of nitrogens with one attached hydrogen (secondary N) is 1. The number of hydrogen-bond donors (Lipinski definition) is 2. The third kappa shape index (κ3) is 5.77. The van der Waals surface area contributed by atoms with E-state index in [1.165, 1.54) is 12.1 Å². The lowest BCUT2D eigenvalue weighted by atomic mass is 10.2. The number of amides is 1. The number of carbonyl (C=O) groups is 1. The lowest BCUT2D eigenvalue weighted by Gasteiger charge is -2.14. The van der Waals surface area contributed by atoms with Crippen LogP contribution in [0.25, 0.3) is 0 Å². The summed E-state index contributed by atoms with van der Waals surface area (Å²) >= 11 is 0. The molecule has 0 aliphatic heterocycles. The number of carbonyl (C=O) groups excluding carboxylic acids is 1. The van der Waals surface area contributed by atoms with Gasteiger partial charge in [0.25, 0.3) is 0 Å². The van der Waals surface area contributed by atoms with Crippen molar-refractivity contribution >= 4 is 5.91 Å². The molecule has 2 N–H and O–H groups in total. The van der Waals surface area contributed by atoms with Gasteiger partial charge in [-0.1, -0.05) is 6.08 Å². The molecule has 0 saturated carbocycles. The normalized spacial score (nSPS) is 13.6. The average molecular weight is 317 g/mol. The number of hydrogen-bond acceptors (Lipinski definition) is 3. The first-order valence-corrected chi connectivity index (χ1v) is 6.63. The largest absolute Gasteiger partial charge is 0.491 e. The van der Waals surface area contributed by atoms with E-state index in [0.717, 1.165) is 12.1 Å². The minimum atomic E-state index is -4.40. The van der Waals surface area contributed by atoms with Crippen molar-refractivity contribution in [2.45, 2.75) is 26.1 Å². The zero-order chi connectivity index (χ0) is 16.8. The summed E-state index contributed by atoms with van der Waals surface area (Å²) in [6, 6.07) is 4.16. The van der Waals surface area contributed by atoms with Crippen molar-refractivity contribution in [2.75, 3.05) is 13.2 Å². The number of halogens is 3. The molecule has 0 aromatic heterocycles. The van der Waals surface area contributed by atoms with Gasteiger partial charge in [-0.25, -0.2) is 0 Å². The van der Waals surface area contributed by atoms with E-state index in [0.29, 0.717) is 5.57 Å². The Hall–Kier alpha value is -2.02. The van der Waals surface area contributed by atoms with E-state index < -0.39 is 17.8 Å². The van der Waals surface area contributed by atoms with Crippen LogP contribution in [0, 0.1) is 0 Å². The van der Waals surface area contributed by atoms with Crippen LogP contribution < -0.4 is 10.1 Å². The molecule has 1 amide bonds. The molecule has 7 heteroatoms. The summed E-state index contributed by atoms with van der Waals surface area (Å²) in [6.45, 7) is 3.21. The van der Waals surface area contributed by atoms with Crippen LogP contribution in [-0.4, -0.2) is 30.3 Å². The molecule has 1 atom stereocenters. The monoisotopic (exact) mass is 317 g/mol. The fraction of sp³-hybridized carbons (Fsp3) is 0.400. The van der Waals surface area contributed by atoms with Crippen LogP contribution in [0.1, 0.15) is 19.4 Å². The molecule has 1 aromatic carbocycles. The maximum atomic E-state index is 12.4. The van der Waals surface area contributed by atoms with Crippen LogP contribution in [0.15, 0.2) is 35.9 Å². The smallest absolute Gasteiger partial charge is 0.416 e. The molecule has 4 nitrogen and oxygen atoms in total. The molecule has 1 unspecified atom stereocenters. The van der Waals surface area contributed by atoms with E-state index in [4.69, 9.17) is 4.74 Å². The van der Waals surface area contributed by atoms with Gasteiger partial charge in [0.15, 0.2) is 0 Å². The minimum absolute atomic E-state index is 0.00928. The van der Waals surface area contributed by atoms with Crippen molar-refractivity contribution in [1.82, 2.24) is 5.32 Å². The Labute approximate surface area is 126 Å². The second-order valence-corrected chi connectivity index (χ2v) is 4.67. The zero-order valence-corrected chi connectivity index (χ0v) is 12.3. The predicted octanol–water partition coefficient (Wildman–Crippen LogP) is 2.53. The highest BCUT2D eigenvalue weighted by molar-refractivity contribution is 5.92. The molecule has 122 valence electrons. The Balaban J connectivity index is 2.41. The van der Waals surface area contributed by atoms with Gasteiger partial charge >= 0.3 is 6.18 Å². The Morgan fingerprint density at radius 2 is 1.95 bits per heavy atom. The van der Waals surface area contributed by atoms with Gasteiger partial charge in [0, 0.05) is 12.1 Å². The molecule has 0 fully saturated rings. The molecule has 0 radical (unpaired) electrons. The maximum absolute atomic E-state index is 12.4. The minimum Gasteiger partial charge on any atom is -0.491 e. The van der Waals surface area contributed by atoms with Gasteiger partial charge in [-0.15, -0.1) is 0 Å². The van der Waals surface area contributed by atoms with Gasteiger partial charge in [-0.05, 0) is 38.1 Å². The molecular weight excluding hydrogens is 299 g/mol. The van der Waals surface area contributed by atoms with Gasteiger partial charge in [0.05, 0.1) is 5.56 Å². The lowest BCUT2D eigenvalue weighted by Crippen LogP contribution is -2.35. The Kier molecular flexibility index (Phi) is 6.42. The van der Waals surface area contributed by atoms with Crippen molar-refractivity contribution < 1.29 is 27.8 Å². The first kappa shape index (κ1) is 18.0. The SMILES string of the molecule is C/C=C(/C)C(=O)NCC(O)COc1ccc(C(F)(F)F)cc1. The summed E-state index contributed by atoms with van der Waals surface area (Å²) < 4.78 is 42.3. The summed E-state index contributed by atoms with van der Waals surface area (Å²) in [5.41, 5.74) is -0.245. The molecule has 0 saturated heterocycles. The number of rotatable bonds is 6. The number of benzene rings is 1. The van der Waals surface area contributed by atoms with Gasteiger partial charge in [0.2, 0.25) is 5.91 Å².